The number of aromatic nitrogens is 1. The average molecular weight is 283 g/mol. The molecule has 0 spiro atoms. The molecular weight excluding hydrogens is 262 g/mol. The van der Waals surface area contributed by atoms with Crippen molar-refractivity contribution in [1.82, 2.24) is 10.3 Å². The third-order valence-corrected chi connectivity index (χ3v) is 3.35. The monoisotopic (exact) mass is 283 g/mol. The van der Waals surface area contributed by atoms with Crippen LogP contribution in [-0.2, 0) is 0 Å². The molecule has 0 bridgehead atoms. The molecule has 1 unspecified atom stereocenters. The van der Waals surface area contributed by atoms with Gasteiger partial charge in [-0.05, 0) is 38.9 Å². The molecule has 2 rings (SSSR count). The summed E-state index contributed by atoms with van der Waals surface area (Å²) in [5.74, 6) is 0.718. The van der Waals surface area contributed by atoms with Crippen molar-refractivity contribution < 1.29 is 4.74 Å². The fourth-order valence-electron chi connectivity index (χ4n) is 2.08. The first-order valence-electron chi connectivity index (χ1n) is 7.23. The summed E-state index contributed by atoms with van der Waals surface area (Å²) < 4.78 is 5.88. The Kier molecular flexibility index (Phi) is 4.77. The van der Waals surface area contributed by atoms with E-state index in [4.69, 9.17) is 4.74 Å². The summed E-state index contributed by atoms with van der Waals surface area (Å²) in [6, 6.07) is 12.1. The molecule has 0 radical (unpaired) electrons. The Morgan fingerprint density at radius 1 is 1.33 bits per heavy atom. The van der Waals surface area contributed by atoms with Gasteiger partial charge in [-0.25, -0.2) is 4.98 Å². The number of aryl methyl sites for hydroxylation is 1. The zero-order valence-corrected chi connectivity index (χ0v) is 12.8. The first kappa shape index (κ1) is 15.3. The van der Waals surface area contributed by atoms with E-state index in [1.807, 2.05) is 44.2 Å². The molecule has 1 atom stereocenters. The van der Waals surface area contributed by atoms with Gasteiger partial charge in [-0.15, -0.1) is 0 Å². The van der Waals surface area contributed by atoms with E-state index in [9.17, 15) is 5.26 Å². The number of para-hydroxylation sites is 1. The van der Waals surface area contributed by atoms with E-state index in [1.165, 1.54) is 0 Å². The highest BCUT2D eigenvalue weighted by molar-refractivity contribution is 5.84. The van der Waals surface area contributed by atoms with Crippen LogP contribution in [0, 0.1) is 18.3 Å². The van der Waals surface area contributed by atoms with Gasteiger partial charge in [-0.1, -0.05) is 25.1 Å². The first-order chi connectivity index (χ1) is 10.1. The lowest BCUT2D eigenvalue weighted by Gasteiger charge is -2.23. The van der Waals surface area contributed by atoms with Crippen LogP contribution in [0.2, 0.25) is 0 Å². The van der Waals surface area contributed by atoms with Gasteiger partial charge in [0.15, 0.2) is 0 Å². The molecule has 0 fully saturated rings. The standard InChI is InChI=1S/C17H21N3O/c1-4-10-19-17(3,11-18)12-21-15-7-5-6-14-9-8-13(2)20-16(14)15/h5-9,19H,4,10,12H2,1-3H3. The van der Waals surface area contributed by atoms with E-state index < -0.39 is 5.54 Å². The smallest absolute Gasteiger partial charge is 0.145 e. The number of nitriles is 1. The van der Waals surface area contributed by atoms with Crippen LogP contribution in [-0.4, -0.2) is 23.7 Å². The topological polar surface area (TPSA) is 57.9 Å². The van der Waals surface area contributed by atoms with Gasteiger partial charge >= 0.3 is 0 Å². The molecule has 1 aromatic heterocycles. The second-order valence-electron chi connectivity index (χ2n) is 5.44. The van der Waals surface area contributed by atoms with E-state index in [2.05, 4.69) is 23.3 Å². The lowest BCUT2D eigenvalue weighted by molar-refractivity contribution is 0.236. The number of nitrogens with zero attached hydrogens (tertiary/aromatic N) is 2. The van der Waals surface area contributed by atoms with Gasteiger partial charge in [0.25, 0.3) is 0 Å². The van der Waals surface area contributed by atoms with Crippen molar-refractivity contribution in [1.29, 1.82) is 5.26 Å². The maximum atomic E-state index is 9.34. The van der Waals surface area contributed by atoms with Crippen molar-refractivity contribution in [3.8, 4) is 11.8 Å². The molecule has 0 aliphatic rings. The number of fused-ring (bicyclic) bond motifs is 1. The van der Waals surface area contributed by atoms with Crippen molar-refractivity contribution >= 4 is 10.9 Å². The van der Waals surface area contributed by atoms with Crippen molar-refractivity contribution in [2.24, 2.45) is 0 Å². The van der Waals surface area contributed by atoms with Crippen LogP contribution in [0.3, 0.4) is 0 Å². The highest BCUT2D eigenvalue weighted by Gasteiger charge is 2.24. The van der Waals surface area contributed by atoms with Crippen molar-refractivity contribution in [3.05, 3.63) is 36.0 Å². The number of pyridine rings is 1. The first-order valence-corrected chi connectivity index (χ1v) is 7.23. The molecule has 110 valence electrons. The molecule has 1 N–H and O–H groups in total. The van der Waals surface area contributed by atoms with E-state index in [0.29, 0.717) is 0 Å². The van der Waals surface area contributed by atoms with Gasteiger partial charge in [0.05, 0.1) is 6.07 Å². The second-order valence-corrected chi connectivity index (χ2v) is 5.44. The van der Waals surface area contributed by atoms with E-state index in [0.717, 1.165) is 35.3 Å². The lowest BCUT2D eigenvalue weighted by atomic mass is 10.1. The molecule has 0 saturated heterocycles. The third kappa shape index (κ3) is 3.71. The number of rotatable bonds is 6. The highest BCUT2D eigenvalue weighted by Crippen LogP contribution is 2.24. The molecule has 4 nitrogen and oxygen atoms in total. The third-order valence-electron chi connectivity index (χ3n) is 3.35. The van der Waals surface area contributed by atoms with Crippen LogP contribution in [0.25, 0.3) is 10.9 Å². The Bertz CT molecular complexity index is 663. The zero-order chi connectivity index (χ0) is 15.3. The summed E-state index contributed by atoms with van der Waals surface area (Å²) in [5, 5.41) is 13.6. The predicted octanol–water partition coefficient (Wildman–Crippen LogP) is 3.20. The minimum atomic E-state index is -0.692. The fraction of sp³-hybridized carbons (Fsp3) is 0.412. The van der Waals surface area contributed by atoms with Crippen LogP contribution in [0.1, 0.15) is 26.0 Å². The summed E-state index contributed by atoms with van der Waals surface area (Å²) in [4.78, 5) is 4.54. The second kappa shape index (κ2) is 6.55. The largest absolute Gasteiger partial charge is 0.488 e. The molecule has 0 amide bonds. The number of nitrogens with one attached hydrogen (secondary N) is 1. The molecular formula is C17H21N3O. The van der Waals surface area contributed by atoms with Crippen LogP contribution in [0.15, 0.2) is 30.3 Å². The quantitative estimate of drug-likeness (QED) is 0.884. The molecule has 1 heterocycles. The van der Waals surface area contributed by atoms with Gasteiger partial charge in [-0.3, -0.25) is 5.32 Å². The zero-order valence-electron chi connectivity index (χ0n) is 12.8. The Hall–Kier alpha value is -2.12. The minimum Gasteiger partial charge on any atom is -0.488 e. The Balaban J connectivity index is 2.20. The maximum absolute atomic E-state index is 9.34. The number of hydrogen-bond acceptors (Lipinski definition) is 4. The maximum Gasteiger partial charge on any atom is 0.145 e. The van der Waals surface area contributed by atoms with Crippen LogP contribution >= 0.6 is 0 Å². The number of ether oxygens (including phenoxy) is 1. The molecule has 2 aromatic rings. The minimum absolute atomic E-state index is 0.290. The van der Waals surface area contributed by atoms with Gasteiger partial charge in [0.1, 0.15) is 23.4 Å². The van der Waals surface area contributed by atoms with Gasteiger partial charge in [0, 0.05) is 11.1 Å². The van der Waals surface area contributed by atoms with E-state index in [-0.39, 0.29) is 6.61 Å². The molecule has 4 heteroatoms. The Morgan fingerprint density at radius 3 is 2.86 bits per heavy atom. The van der Waals surface area contributed by atoms with E-state index >= 15 is 0 Å². The normalized spacial score (nSPS) is 13.6. The molecule has 0 aliphatic carbocycles. The molecule has 0 saturated carbocycles. The molecule has 21 heavy (non-hydrogen) atoms. The van der Waals surface area contributed by atoms with Crippen molar-refractivity contribution in [3.63, 3.8) is 0 Å². The van der Waals surface area contributed by atoms with Gasteiger partial charge in [0.2, 0.25) is 0 Å². The van der Waals surface area contributed by atoms with E-state index in [1.54, 1.807) is 0 Å². The lowest BCUT2D eigenvalue weighted by Crippen LogP contribution is -2.46. The SMILES string of the molecule is CCCNC(C)(C#N)COc1cccc2ccc(C)nc12. The Morgan fingerprint density at radius 2 is 2.14 bits per heavy atom. The average Bonchev–Trinajstić information content (AvgIpc) is 2.51. The number of benzene rings is 1. The summed E-state index contributed by atoms with van der Waals surface area (Å²) in [5.41, 5.74) is 1.10. The van der Waals surface area contributed by atoms with Crippen LogP contribution in [0.5, 0.6) is 5.75 Å². The Labute approximate surface area is 125 Å². The fourth-order valence-corrected chi connectivity index (χ4v) is 2.08. The van der Waals surface area contributed by atoms with Crippen LogP contribution in [0.4, 0.5) is 0 Å². The van der Waals surface area contributed by atoms with Gasteiger partial charge in [-0.2, -0.15) is 5.26 Å². The van der Waals surface area contributed by atoms with Crippen molar-refractivity contribution in [2.75, 3.05) is 13.2 Å². The summed E-state index contributed by atoms with van der Waals surface area (Å²) in [7, 11) is 0. The summed E-state index contributed by atoms with van der Waals surface area (Å²) in [6.45, 7) is 6.96. The molecule has 1 aromatic carbocycles. The summed E-state index contributed by atoms with van der Waals surface area (Å²) >= 11 is 0. The van der Waals surface area contributed by atoms with Gasteiger partial charge < -0.3 is 4.74 Å². The molecule has 0 aliphatic heterocycles. The number of hydrogen-bond donors (Lipinski definition) is 1. The van der Waals surface area contributed by atoms with Crippen LogP contribution < -0.4 is 10.1 Å². The summed E-state index contributed by atoms with van der Waals surface area (Å²) in [6.07, 6.45) is 0.978. The predicted molar refractivity (Wildman–Crippen MR) is 84.3 cm³/mol. The highest BCUT2D eigenvalue weighted by atomic mass is 16.5. The van der Waals surface area contributed by atoms with Crippen molar-refractivity contribution in [2.45, 2.75) is 32.7 Å².